The van der Waals surface area contributed by atoms with E-state index in [1.807, 2.05) is 54.7 Å². The fourth-order valence-electron chi connectivity index (χ4n) is 7.58. The number of aromatic nitrogens is 3. The summed E-state index contributed by atoms with van der Waals surface area (Å²) in [5.74, 6) is 0.679. The van der Waals surface area contributed by atoms with Crippen LogP contribution in [0.2, 0.25) is 0 Å². The van der Waals surface area contributed by atoms with Crippen molar-refractivity contribution in [1.29, 1.82) is 0 Å². The van der Waals surface area contributed by atoms with E-state index in [9.17, 15) is 5.11 Å². The molecule has 5 nitrogen and oxygen atoms in total. The summed E-state index contributed by atoms with van der Waals surface area (Å²) in [4.78, 5) is 10.2. The number of fused-ring (bicyclic) bond motifs is 4. The number of para-hydroxylation sites is 2. The normalized spacial score (nSPS) is 12.0. The predicted octanol–water partition coefficient (Wildman–Crippen LogP) is 13.1. The van der Waals surface area contributed by atoms with Crippen molar-refractivity contribution in [3.05, 3.63) is 157 Å². The molecule has 0 saturated heterocycles. The van der Waals surface area contributed by atoms with Crippen molar-refractivity contribution in [2.45, 2.75) is 52.4 Å². The van der Waals surface area contributed by atoms with Gasteiger partial charge in [0, 0.05) is 49.3 Å². The molecule has 0 spiro atoms. The van der Waals surface area contributed by atoms with Crippen molar-refractivity contribution in [2.75, 3.05) is 0 Å². The number of aromatic hydroxyl groups is 1. The fraction of sp³-hybridized carbons (Fsp3) is 0.160. The van der Waals surface area contributed by atoms with Crippen LogP contribution < -0.4 is 0 Å². The van der Waals surface area contributed by atoms with Gasteiger partial charge in [-0.1, -0.05) is 132 Å². The Kier molecular flexibility index (Phi) is 9.33. The molecule has 0 saturated carbocycles. The monoisotopic (exact) mass is 911 g/mol. The summed E-state index contributed by atoms with van der Waals surface area (Å²) >= 11 is 0. The largest absolute Gasteiger partial charge is 0.507 e. The van der Waals surface area contributed by atoms with Crippen molar-refractivity contribution < 1.29 is 30.6 Å². The number of imidazole rings is 1. The molecule has 0 fully saturated rings. The molecule has 280 valence electrons. The van der Waals surface area contributed by atoms with Crippen LogP contribution in [0.5, 0.6) is 5.75 Å². The molecule has 6 aromatic carbocycles. The summed E-state index contributed by atoms with van der Waals surface area (Å²) < 4.78 is 8.79. The van der Waals surface area contributed by atoms with E-state index >= 15 is 0 Å². The van der Waals surface area contributed by atoms with Gasteiger partial charge in [0.1, 0.15) is 22.5 Å². The molecule has 0 aliphatic rings. The zero-order chi connectivity index (χ0) is 38.1. The smallest absolute Gasteiger partial charge is 0.152 e. The molecule has 3 aromatic heterocycles. The van der Waals surface area contributed by atoms with Gasteiger partial charge in [-0.25, -0.2) is 4.98 Å². The van der Waals surface area contributed by atoms with Crippen LogP contribution in [0.4, 0.5) is 0 Å². The third-order valence-electron chi connectivity index (χ3n) is 10.6. The van der Waals surface area contributed by atoms with E-state index in [4.69, 9.17) is 14.4 Å². The molecule has 9 rings (SSSR count). The quantitative estimate of drug-likeness (QED) is 0.175. The van der Waals surface area contributed by atoms with E-state index in [1.165, 1.54) is 11.1 Å². The first-order valence-electron chi connectivity index (χ1n) is 18.8. The van der Waals surface area contributed by atoms with Crippen LogP contribution in [0.3, 0.4) is 0 Å². The number of furan rings is 1. The maximum Gasteiger partial charge on any atom is 0.152 e. The van der Waals surface area contributed by atoms with Gasteiger partial charge in [0.25, 0.3) is 0 Å². The second-order valence-electron chi connectivity index (χ2n) is 16.4. The number of phenols is 1. The van der Waals surface area contributed by atoms with Crippen molar-refractivity contribution in [3.8, 4) is 56.3 Å². The van der Waals surface area contributed by atoms with Gasteiger partial charge < -0.3 is 9.52 Å². The zero-order valence-corrected chi connectivity index (χ0v) is 34.6. The van der Waals surface area contributed by atoms with Crippen LogP contribution in [-0.2, 0) is 31.9 Å². The first-order chi connectivity index (χ1) is 26.5. The van der Waals surface area contributed by atoms with E-state index < -0.39 is 0 Å². The molecular formula is C50H42N3O2Pt-. The molecule has 9 aromatic rings. The van der Waals surface area contributed by atoms with Crippen LogP contribution in [0.15, 0.2) is 144 Å². The van der Waals surface area contributed by atoms with Crippen LogP contribution >= 0.6 is 0 Å². The number of rotatable bonds is 5. The molecule has 0 bridgehead atoms. The Labute approximate surface area is 342 Å². The van der Waals surface area contributed by atoms with Gasteiger partial charge in [-0.05, 0) is 64.4 Å². The molecule has 1 N–H and O–H groups in total. The van der Waals surface area contributed by atoms with Gasteiger partial charge in [-0.3, -0.25) is 9.55 Å². The van der Waals surface area contributed by atoms with E-state index in [0.29, 0.717) is 17.0 Å². The maximum atomic E-state index is 11.9. The van der Waals surface area contributed by atoms with Gasteiger partial charge in [0.15, 0.2) is 5.82 Å². The molecule has 6 heteroatoms. The average Bonchev–Trinajstić information content (AvgIpc) is 3.76. The van der Waals surface area contributed by atoms with Gasteiger partial charge in [0.05, 0.1) is 16.7 Å². The van der Waals surface area contributed by atoms with Crippen LogP contribution in [0.1, 0.15) is 52.7 Å². The van der Waals surface area contributed by atoms with E-state index in [1.54, 1.807) is 6.07 Å². The molecule has 0 atom stereocenters. The van der Waals surface area contributed by atoms with Crippen molar-refractivity contribution in [1.82, 2.24) is 14.5 Å². The summed E-state index contributed by atoms with van der Waals surface area (Å²) in [5, 5.41) is 13.8. The molecule has 0 amide bonds. The summed E-state index contributed by atoms with van der Waals surface area (Å²) in [6, 6.07) is 49.3. The first-order valence-corrected chi connectivity index (χ1v) is 18.8. The van der Waals surface area contributed by atoms with Crippen molar-refractivity contribution in [2.24, 2.45) is 0 Å². The van der Waals surface area contributed by atoms with E-state index in [-0.39, 0.29) is 37.6 Å². The fourth-order valence-corrected chi connectivity index (χ4v) is 7.58. The van der Waals surface area contributed by atoms with Gasteiger partial charge >= 0.3 is 0 Å². The number of nitrogens with zero attached hydrogens (tertiary/aromatic N) is 3. The standard InChI is InChI=1S/C50H42N3O2.Pt/c1-49(2,3)34-22-24-41(39(30-34)31-15-8-7-9-16-31)53-42-20-14-18-36(32-27-33(40-19-12-13-26-51-40)29-35(28-32)50(4,5)6)46(42)52-48(53)45-43(54)25-23-38-37-17-10-11-21-44(37)55-47(38)45;/h7-26,28-30,54H,1-6H3;/q-1;. The summed E-state index contributed by atoms with van der Waals surface area (Å²) in [5.41, 5.74) is 12.5. The summed E-state index contributed by atoms with van der Waals surface area (Å²) in [6.07, 6.45) is 1.82. The Morgan fingerprint density at radius 2 is 1.38 bits per heavy atom. The second-order valence-corrected chi connectivity index (χ2v) is 16.4. The third kappa shape index (κ3) is 6.44. The SMILES string of the molecule is CC(C)(C)c1cc(-c2ccccn2)[c-]c(-c2cccc3c2nc(-c2c(O)ccc4c2oc2ccccc24)n3-c2ccc(C(C)(C)C)cc2-c2ccccc2)c1.[Pt]. The topological polar surface area (TPSA) is 64.1 Å². The molecule has 0 aliphatic heterocycles. The molecule has 56 heavy (non-hydrogen) atoms. The first kappa shape index (κ1) is 37.2. The van der Waals surface area contributed by atoms with E-state index in [2.05, 4.69) is 131 Å². The van der Waals surface area contributed by atoms with Crippen LogP contribution in [0, 0.1) is 6.07 Å². The van der Waals surface area contributed by atoms with Gasteiger partial charge in [-0.15, -0.1) is 29.3 Å². The Hall–Kier alpha value is -5.77. The Bertz CT molecular complexity index is 2890. The Morgan fingerprint density at radius 3 is 2.12 bits per heavy atom. The summed E-state index contributed by atoms with van der Waals surface area (Å²) in [6.45, 7) is 13.4. The molecular weight excluding hydrogens is 870 g/mol. The van der Waals surface area contributed by atoms with Crippen LogP contribution in [-0.4, -0.2) is 19.6 Å². The number of pyridine rings is 1. The second kappa shape index (κ2) is 14.1. The number of hydrogen-bond donors (Lipinski definition) is 1. The summed E-state index contributed by atoms with van der Waals surface area (Å²) in [7, 11) is 0. The Morgan fingerprint density at radius 1 is 0.643 bits per heavy atom. The van der Waals surface area contributed by atoms with Gasteiger partial charge in [-0.2, -0.15) is 0 Å². The van der Waals surface area contributed by atoms with Crippen molar-refractivity contribution in [3.63, 3.8) is 0 Å². The van der Waals surface area contributed by atoms with Crippen LogP contribution in [0.25, 0.3) is 83.6 Å². The van der Waals surface area contributed by atoms with Crippen molar-refractivity contribution >= 4 is 33.0 Å². The Balaban J connectivity index is 0.00000441. The number of phenolic OH excluding ortho intramolecular Hbond substituents is 1. The minimum absolute atomic E-state index is 0. The molecule has 0 aliphatic carbocycles. The number of benzene rings is 6. The minimum Gasteiger partial charge on any atom is -0.507 e. The molecule has 0 radical (unpaired) electrons. The molecule has 3 heterocycles. The minimum atomic E-state index is -0.131. The van der Waals surface area contributed by atoms with E-state index in [0.717, 1.165) is 66.6 Å². The average molecular weight is 912 g/mol. The zero-order valence-electron chi connectivity index (χ0n) is 32.3. The molecule has 0 unspecified atom stereocenters. The maximum absolute atomic E-state index is 11.9. The number of hydrogen-bond acceptors (Lipinski definition) is 4. The van der Waals surface area contributed by atoms with Gasteiger partial charge in [0.2, 0.25) is 0 Å². The third-order valence-corrected chi connectivity index (χ3v) is 10.6. The predicted molar refractivity (Wildman–Crippen MR) is 226 cm³/mol.